The molecule has 0 radical (unpaired) electrons. The van der Waals surface area contributed by atoms with E-state index in [1.54, 1.807) is 25.3 Å². The number of nitrogen functional groups attached to an aromatic ring is 1. The summed E-state index contributed by atoms with van der Waals surface area (Å²) >= 11 is 0. The van der Waals surface area contributed by atoms with Gasteiger partial charge in [0, 0.05) is 18.2 Å². The van der Waals surface area contributed by atoms with E-state index in [1.807, 2.05) is 18.2 Å². The molecule has 1 aliphatic rings. The monoisotopic (exact) mass is 271 g/mol. The topological polar surface area (TPSA) is 53.7 Å². The second-order valence-electron chi connectivity index (χ2n) is 4.77. The average molecular weight is 271 g/mol. The molecule has 0 saturated carbocycles. The van der Waals surface area contributed by atoms with E-state index in [0.717, 1.165) is 12.2 Å². The first-order chi connectivity index (χ1) is 9.76. The third-order valence-corrected chi connectivity index (χ3v) is 3.33. The summed E-state index contributed by atoms with van der Waals surface area (Å²) in [6, 6.07) is 13.4. The van der Waals surface area contributed by atoms with Crippen LogP contribution in [0.25, 0.3) is 0 Å². The molecule has 1 aliphatic heterocycles. The summed E-state index contributed by atoms with van der Waals surface area (Å²) in [5.74, 6) is 2.27. The Kier molecular flexibility index (Phi) is 3.37. The van der Waals surface area contributed by atoms with Crippen molar-refractivity contribution in [2.75, 3.05) is 19.5 Å². The van der Waals surface area contributed by atoms with Gasteiger partial charge in [-0.2, -0.15) is 0 Å². The molecule has 4 heteroatoms. The molecule has 0 spiro atoms. The van der Waals surface area contributed by atoms with Gasteiger partial charge in [-0.3, -0.25) is 0 Å². The molecule has 3 rings (SSSR count). The first kappa shape index (κ1) is 12.7. The molecule has 0 bridgehead atoms. The molecule has 20 heavy (non-hydrogen) atoms. The van der Waals surface area contributed by atoms with Gasteiger partial charge in [0.1, 0.15) is 18.5 Å². The van der Waals surface area contributed by atoms with Gasteiger partial charge < -0.3 is 19.9 Å². The molecule has 0 fully saturated rings. The number of para-hydroxylation sites is 1. The zero-order valence-electron chi connectivity index (χ0n) is 11.3. The van der Waals surface area contributed by atoms with Crippen molar-refractivity contribution in [3.05, 3.63) is 48.0 Å². The number of anilines is 1. The third-order valence-electron chi connectivity index (χ3n) is 3.33. The van der Waals surface area contributed by atoms with Gasteiger partial charge in [0.2, 0.25) is 0 Å². The fraction of sp³-hybridized carbons (Fsp3) is 0.250. The number of nitrogens with two attached hydrogens (primary N) is 1. The molecular formula is C16H17NO3. The first-order valence-electron chi connectivity index (χ1n) is 6.57. The summed E-state index contributed by atoms with van der Waals surface area (Å²) in [4.78, 5) is 0. The molecule has 104 valence electrons. The van der Waals surface area contributed by atoms with Crippen molar-refractivity contribution in [3.8, 4) is 17.2 Å². The van der Waals surface area contributed by atoms with Crippen LogP contribution in [-0.2, 0) is 6.42 Å². The van der Waals surface area contributed by atoms with Crippen LogP contribution in [0.4, 0.5) is 5.69 Å². The minimum atomic E-state index is 0.0264. The lowest BCUT2D eigenvalue weighted by molar-refractivity contribution is 0.146. The summed E-state index contributed by atoms with van der Waals surface area (Å²) in [6.45, 7) is 0.467. The van der Waals surface area contributed by atoms with Crippen LogP contribution in [0.15, 0.2) is 42.5 Å². The number of benzene rings is 2. The molecule has 0 aromatic heterocycles. The van der Waals surface area contributed by atoms with Crippen LogP contribution in [0, 0.1) is 0 Å². The fourth-order valence-electron chi connectivity index (χ4n) is 2.34. The number of hydrogen-bond donors (Lipinski definition) is 1. The van der Waals surface area contributed by atoms with Crippen molar-refractivity contribution in [3.63, 3.8) is 0 Å². The number of ether oxygens (including phenoxy) is 3. The smallest absolute Gasteiger partial charge is 0.163 e. The van der Waals surface area contributed by atoms with Crippen molar-refractivity contribution in [1.82, 2.24) is 0 Å². The lowest BCUT2D eigenvalue weighted by Gasteiger charge is -2.15. The maximum atomic E-state index is 5.84. The van der Waals surface area contributed by atoms with Crippen molar-refractivity contribution >= 4 is 5.69 Å². The molecule has 1 heterocycles. The highest BCUT2D eigenvalue weighted by molar-refractivity contribution is 5.52. The predicted octanol–water partition coefficient (Wildman–Crippen LogP) is 2.66. The maximum absolute atomic E-state index is 5.84. The van der Waals surface area contributed by atoms with E-state index in [4.69, 9.17) is 19.9 Å². The second kappa shape index (κ2) is 5.33. The van der Waals surface area contributed by atoms with Gasteiger partial charge in [0.15, 0.2) is 11.5 Å². The number of rotatable bonds is 4. The van der Waals surface area contributed by atoms with Gasteiger partial charge in [-0.1, -0.05) is 18.2 Å². The second-order valence-corrected chi connectivity index (χ2v) is 4.77. The van der Waals surface area contributed by atoms with E-state index < -0.39 is 0 Å². The Morgan fingerprint density at radius 3 is 2.85 bits per heavy atom. The lowest BCUT2D eigenvalue weighted by atomic mass is 10.1. The molecule has 0 amide bonds. The van der Waals surface area contributed by atoms with Gasteiger partial charge in [0.25, 0.3) is 0 Å². The fourth-order valence-corrected chi connectivity index (χ4v) is 2.34. The SMILES string of the molecule is COc1ccc(N)cc1OCC1Cc2ccccc2O1. The highest BCUT2D eigenvalue weighted by Gasteiger charge is 2.23. The first-order valence-corrected chi connectivity index (χ1v) is 6.57. The number of methoxy groups -OCH3 is 1. The third kappa shape index (κ3) is 2.50. The largest absolute Gasteiger partial charge is 0.493 e. The van der Waals surface area contributed by atoms with E-state index in [0.29, 0.717) is 23.8 Å². The standard InChI is InChI=1S/C16H17NO3/c1-18-15-7-6-12(17)9-16(15)19-10-13-8-11-4-2-3-5-14(11)20-13/h2-7,9,13H,8,10,17H2,1H3. The van der Waals surface area contributed by atoms with E-state index >= 15 is 0 Å². The van der Waals surface area contributed by atoms with E-state index in [1.165, 1.54) is 5.56 Å². The molecule has 2 aromatic rings. The Morgan fingerprint density at radius 2 is 2.05 bits per heavy atom. The van der Waals surface area contributed by atoms with Crippen LogP contribution in [-0.4, -0.2) is 19.8 Å². The van der Waals surface area contributed by atoms with Gasteiger partial charge in [-0.15, -0.1) is 0 Å². The van der Waals surface area contributed by atoms with Crippen LogP contribution < -0.4 is 19.9 Å². The van der Waals surface area contributed by atoms with Crippen LogP contribution in [0.2, 0.25) is 0 Å². The maximum Gasteiger partial charge on any atom is 0.163 e. The highest BCUT2D eigenvalue weighted by atomic mass is 16.5. The van der Waals surface area contributed by atoms with Crippen molar-refractivity contribution in [1.29, 1.82) is 0 Å². The van der Waals surface area contributed by atoms with E-state index in [-0.39, 0.29) is 6.10 Å². The van der Waals surface area contributed by atoms with Gasteiger partial charge in [0.05, 0.1) is 7.11 Å². The Hall–Kier alpha value is -2.36. The number of fused-ring (bicyclic) bond motifs is 1. The van der Waals surface area contributed by atoms with Crippen LogP contribution in [0.5, 0.6) is 17.2 Å². The van der Waals surface area contributed by atoms with Crippen molar-refractivity contribution < 1.29 is 14.2 Å². The molecule has 1 unspecified atom stereocenters. The molecular weight excluding hydrogens is 254 g/mol. The van der Waals surface area contributed by atoms with Gasteiger partial charge in [-0.25, -0.2) is 0 Å². The normalized spacial score (nSPS) is 16.4. The molecule has 2 aromatic carbocycles. The van der Waals surface area contributed by atoms with E-state index in [9.17, 15) is 0 Å². The molecule has 0 aliphatic carbocycles. The van der Waals surface area contributed by atoms with Crippen LogP contribution in [0.3, 0.4) is 0 Å². The predicted molar refractivity (Wildman–Crippen MR) is 77.5 cm³/mol. The minimum Gasteiger partial charge on any atom is -0.493 e. The zero-order chi connectivity index (χ0) is 13.9. The van der Waals surface area contributed by atoms with Crippen molar-refractivity contribution in [2.45, 2.75) is 12.5 Å². The van der Waals surface area contributed by atoms with Crippen LogP contribution in [0.1, 0.15) is 5.56 Å². The summed E-state index contributed by atoms with van der Waals surface area (Å²) in [7, 11) is 1.61. The Morgan fingerprint density at radius 1 is 1.20 bits per heavy atom. The summed E-state index contributed by atoms with van der Waals surface area (Å²) < 4.78 is 16.9. The van der Waals surface area contributed by atoms with Gasteiger partial charge in [-0.05, 0) is 23.8 Å². The summed E-state index contributed by atoms with van der Waals surface area (Å²) in [5, 5.41) is 0. The minimum absolute atomic E-state index is 0.0264. The Labute approximate surface area is 118 Å². The quantitative estimate of drug-likeness (QED) is 0.869. The van der Waals surface area contributed by atoms with Gasteiger partial charge >= 0.3 is 0 Å². The Bertz CT molecular complexity index is 587. The zero-order valence-corrected chi connectivity index (χ0v) is 11.3. The Balaban J connectivity index is 1.65. The molecule has 2 N–H and O–H groups in total. The lowest BCUT2D eigenvalue weighted by Crippen LogP contribution is -2.22. The van der Waals surface area contributed by atoms with E-state index in [2.05, 4.69) is 6.07 Å². The van der Waals surface area contributed by atoms with Crippen LogP contribution >= 0.6 is 0 Å². The molecule has 4 nitrogen and oxygen atoms in total. The molecule has 1 atom stereocenters. The number of hydrogen-bond acceptors (Lipinski definition) is 4. The average Bonchev–Trinajstić information content (AvgIpc) is 2.88. The summed E-state index contributed by atoms with van der Waals surface area (Å²) in [6.07, 6.45) is 0.888. The highest BCUT2D eigenvalue weighted by Crippen LogP contribution is 2.31. The van der Waals surface area contributed by atoms with Crippen molar-refractivity contribution in [2.24, 2.45) is 0 Å². The summed E-state index contributed by atoms with van der Waals surface area (Å²) in [5.41, 5.74) is 7.64. The molecule has 0 saturated heterocycles.